The summed E-state index contributed by atoms with van der Waals surface area (Å²) in [4.78, 5) is 4.16. The molecule has 0 saturated heterocycles. The average molecular weight is 378 g/mol. The monoisotopic (exact) mass is 377 g/mol. The second-order valence-corrected chi connectivity index (χ2v) is 7.07. The number of fused-ring (bicyclic) bond motifs is 1. The van der Waals surface area contributed by atoms with Crippen LogP contribution in [0.2, 0.25) is 5.15 Å². The number of halogens is 1. The summed E-state index contributed by atoms with van der Waals surface area (Å²) in [6, 6.07) is 17.6. The Labute approximate surface area is 163 Å². The van der Waals surface area contributed by atoms with Crippen LogP contribution in [-0.4, -0.2) is 16.7 Å². The maximum atomic E-state index is 9.54. The van der Waals surface area contributed by atoms with E-state index in [0.29, 0.717) is 5.15 Å². The Kier molecular flexibility index (Phi) is 5.12. The number of benzene rings is 2. The number of pyridine rings is 1. The third-order valence-corrected chi connectivity index (χ3v) is 4.99. The van der Waals surface area contributed by atoms with Crippen LogP contribution in [0.3, 0.4) is 0 Å². The highest BCUT2D eigenvalue weighted by Crippen LogP contribution is 2.30. The molecule has 1 aliphatic rings. The van der Waals surface area contributed by atoms with Gasteiger partial charge in [-0.05, 0) is 71.0 Å². The third kappa shape index (κ3) is 4.32. The number of phenols is 1. The summed E-state index contributed by atoms with van der Waals surface area (Å²) in [6.45, 7) is 0.756. The van der Waals surface area contributed by atoms with Crippen molar-refractivity contribution in [1.29, 1.82) is 0 Å². The molecule has 0 unspecified atom stereocenters. The molecule has 3 aromatic rings. The fourth-order valence-electron chi connectivity index (χ4n) is 3.28. The van der Waals surface area contributed by atoms with Gasteiger partial charge in [-0.25, -0.2) is 4.98 Å². The molecule has 0 bridgehead atoms. The van der Waals surface area contributed by atoms with Crippen LogP contribution in [0.15, 0.2) is 66.9 Å². The van der Waals surface area contributed by atoms with Gasteiger partial charge in [-0.15, -0.1) is 0 Å². The lowest BCUT2D eigenvalue weighted by Crippen LogP contribution is -1.94. The summed E-state index contributed by atoms with van der Waals surface area (Å²) in [5, 5.41) is 10.0. The van der Waals surface area contributed by atoms with Crippen LogP contribution in [-0.2, 0) is 19.3 Å². The number of hydrogen-bond acceptors (Lipinski definition) is 3. The third-order valence-electron chi connectivity index (χ3n) is 4.76. The van der Waals surface area contributed by atoms with Gasteiger partial charge in [0.05, 0.1) is 6.61 Å². The molecule has 0 amide bonds. The summed E-state index contributed by atoms with van der Waals surface area (Å²) in [7, 11) is 0. The molecule has 0 saturated carbocycles. The van der Waals surface area contributed by atoms with Crippen LogP contribution < -0.4 is 4.74 Å². The van der Waals surface area contributed by atoms with Gasteiger partial charge in [0.1, 0.15) is 16.7 Å². The minimum absolute atomic E-state index is 0.284. The van der Waals surface area contributed by atoms with E-state index in [1.165, 1.54) is 16.7 Å². The van der Waals surface area contributed by atoms with Crippen LogP contribution in [0.25, 0.3) is 5.57 Å². The van der Waals surface area contributed by atoms with Crippen LogP contribution in [0, 0.1) is 0 Å². The predicted molar refractivity (Wildman–Crippen MR) is 108 cm³/mol. The van der Waals surface area contributed by atoms with E-state index in [-0.39, 0.29) is 5.75 Å². The molecule has 0 aliphatic carbocycles. The van der Waals surface area contributed by atoms with E-state index in [2.05, 4.69) is 29.3 Å². The second kappa shape index (κ2) is 7.85. The summed E-state index contributed by atoms with van der Waals surface area (Å²) >= 11 is 5.89. The summed E-state index contributed by atoms with van der Waals surface area (Å²) in [5.41, 5.74) is 5.98. The Morgan fingerprint density at radius 2 is 1.89 bits per heavy atom. The Morgan fingerprint density at radius 3 is 2.67 bits per heavy atom. The van der Waals surface area contributed by atoms with Gasteiger partial charge in [-0.1, -0.05) is 41.9 Å². The fraction of sp³-hybridized carbons (Fsp3) is 0.174. The van der Waals surface area contributed by atoms with Crippen LogP contribution in [0.5, 0.6) is 11.5 Å². The molecule has 0 spiro atoms. The van der Waals surface area contributed by atoms with Gasteiger partial charge in [-0.3, -0.25) is 0 Å². The van der Waals surface area contributed by atoms with Crippen molar-refractivity contribution in [2.24, 2.45) is 0 Å². The predicted octanol–water partition coefficient (Wildman–Crippen LogP) is 5.24. The topological polar surface area (TPSA) is 42.4 Å². The van der Waals surface area contributed by atoms with Gasteiger partial charge in [-0.2, -0.15) is 0 Å². The van der Waals surface area contributed by atoms with Crippen molar-refractivity contribution in [3.05, 3.63) is 94.3 Å². The van der Waals surface area contributed by atoms with Crippen molar-refractivity contribution in [2.75, 3.05) is 6.61 Å². The molecule has 4 heteroatoms. The first-order valence-electron chi connectivity index (χ1n) is 9.01. The number of phenolic OH excluding ortho intramolecular Hbond substituents is 1. The maximum Gasteiger partial charge on any atom is 0.129 e. The van der Waals surface area contributed by atoms with Gasteiger partial charge in [0.15, 0.2) is 0 Å². The van der Waals surface area contributed by atoms with Crippen molar-refractivity contribution < 1.29 is 9.84 Å². The van der Waals surface area contributed by atoms with Crippen LogP contribution in [0.4, 0.5) is 0 Å². The minimum Gasteiger partial charge on any atom is -0.508 e. The number of aromatic hydroxyl groups is 1. The molecular weight excluding hydrogens is 358 g/mol. The lowest BCUT2D eigenvalue weighted by atomic mass is 9.94. The second-order valence-electron chi connectivity index (χ2n) is 6.69. The first kappa shape index (κ1) is 17.6. The molecule has 136 valence electrons. The number of hydrogen-bond donors (Lipinski definition) is 1. The van der Waals surface area contributed by atoms with E-state index in [4.69, 9.17) is 16.3 Å². The van der Waals surface area contributed by atoms with E-state index < -0.39 is 0 Å². The number of allylic oxidation sites excluding steroid dienone is 2. The zero-order valence-corrected chi connectivity index (χ0v) is 15.6. The van der Waals surface area contributed by atoms with E-state index >= 15 is 0 Å². The van der Waals surface area contributed by atoms with Gasteiger partial charge >= 0.3 is 0 Å². The van der Waals surface area contributed by atoms with Crippen molar-refractivity contribution in [3.63, 3.8) is 0 Å². The first-order valence-corrected chi connectivity index (χ1v) is 9.39. The SMILES string of the molecule is Oc1ccc(CC(=CCc2ccc(Cl)nc2)c2ccc3c(c2)CCO3)cc1. The summed E-state index contributed by atoms with van der Waals surface area (Å²) in [5.74, 6) is 1.27. The smallest absolute Gasteiger partial charge is 0.129 e. The zero-order chi connectivity index (χ0) is 18.6. The maximum absolute atomic E-state index is 9.54. The van der Waals surface area contributed by atoms with Gasteiger partial charge in [0.25, 0.3) is 0 Å². The highest BCUT2D eigenvalue weighted by Gasteiger charge is 2.14. The summed E-state index contributed by atoms with van der Waals surface area (Å²) < 4.78 is 5.64. The summed E-state index contributed by atoms with van der Waals surface area (Å²) in [6.07, 6.45) is 6.59. The van der Waals surface area contributed by atoms with E-state index in [0.717, 1.165) is 42.7 Å². The Morgan fingerprint density at radius 1 is 1.07 bits per heavy atom. The van der Waals surface area contributed by atoms with E-state index in [9.17, 15) is 5.11 Å². The molecule has 1 aromatic heterocycles. The van der Waals surface area contributed by atoms with Crippen molar-refractivity contribution in [3.8, 4) is 11.5 Å². The van der Waals surface area contributed by atoms with Crippen molar-refractivity contribution in [2.45, 2.75) is 19.3 Å². The number of rotatable bonds is 5. The normalized spacial score (nSPS) is 13.3. The lowest BCUT2D eigenvalue weighted by Gasteiger charge is -2.11. The van der Waals surface area contributed by atoms with Crippen LogP contribution in [0.1, 0.15) is 22.3 Å². The largest absolute Gasteiger partial charge is 0.508 e. The quantitative estimate of drug-likeness (QED) is 0.618. The fourth-order valence-corrected chi connectivity index (χ4v) is 3.39. The average Bonchev–Trinajstić information content (AvgIpc) is 3.16. The first-order chi connectivity index (χ1) is 13.2. The molecule has 0 atom stereocenters. The Bertz CT molecular complexity index is 963. The van der Waals surface area contributed by atoms with Crippen molar-refractivity contribution >= 4 is 17.2 Å². The molecule has 4 rings (SSSR count). The van der Waals surface area contributed by atoms with E-state index in [1.807, 2.05) is 30.5 Å². The highest BCUT2D eigenvalue weighted by atomic mass is 35.5. The Hall–Kier alpha value is -2.78. The van der Waals surface area contributed by atoms with Gasteiger partial charge in [0.2, 0.25) is 0 Å². The molecule has 1 aliphatic heterocycles. The molecular formula is C23H20ClNO2. The van der Waals surface area contributed by atoms with Crippen molar-refractivity contribution in [1.82, 2.24) is 4.98 Å². The highest BCUT2D eigenvalue weighted by molar-refractivity contribution is 6.29. The number of ether oxygens (including phenoxy) is 1. The standard InChI is InChI=1S/C23H20ClNO2/c24-23-10-4-17(15-25-23)1-5-18(13-16-2-7-21(26)8-3-16)19-6-9-22-20(14-19)11-12-27-22/h2-10,14-15,26H,1,11-13H2. The van der Waals surface area contributed by atoms with E-state index in [1.54, 1.807) is 12.1 Å². The molecule has 27 heavy (non-hydrogen) atoms. The molecule has 3 nitrogen and oxygen atoms in total. The lowest BCUT2D eigenvalue weighted by molar-refractivity contribution is 0.357. The number of aromatic nitrogens is 1. The number of nitrogens with zero attached hydrogens (tertiary/aromatic N) is 1. The molecule has 2 heterocycles. The molecule has 0 radical (unpaired) electrons. The molecule has 2 aromatic carbocycles. The van der Waals surface area contributed by atoms with Crippen LogP contribution >= 0.6 is 11.6 Å². The zero-order valence-electron chi connectivity index (χ0n) is 14.9. The molecule has 0 fully saturated rings. The van der Waals surface area contributed by atoms with Gasteiger partial charge in [0, 0.05) is 12.6 Å². The van der Waals surface area contributed by atoms with Gasteiger partial charge < -0.3 is 9.84 Å². The molecule has 1 N–H and O–H groups in total. The Balaban J connectivity index is 1.64. The minimum atomic E-state index is 0.284.